The fraction of sp³-hybridized carbons (Fsp3) is 0.278. The lowest BCUT2D eigenvalue weighted by Gasteiger charge is -2.11. The Labute approximate surface area is 131 Å². The van der Waals surface area contributed by atoms with Crippen molar-refractivity contribution in [3.8, 4) is 5.75 Å². The molecule has 0 saturated heterocycles. The number of carbonyl (C=O) groups is 1. The number of hydrogen-bond donors (Lipinski definition) is 2. The normalized spacial score (nSPS) is 10.1. The lowest BCUT2D eigenvalue weighted by atomic mass is 10.2. The van der Waals surface area contributed by atoms with Gasteiger partial charge < -0.3 is 15.4 Å². The van der Waals surface area contributed by atoms with E-state index in [4.69, 9.17) is 4.74 Å². The van der Waals surface area contributed by atoms with Crippen LogP contribution in [0.2, 0.25) is 0 Å². The summed E-state index contributed by atoms with van der Waals surface area (Å²) >= 11 is 0. The van der Waals surface area contributed by atoms with E-state index in [1.807, 2.05) is 50.2 Å². The van der Waals surface area contributed by atoms with Crippen LogP contribution in [-0.4, -0.2) is 19.6 Å². The van der Waals surface area contributed by atoms with Crippen molar-refractivity contribution in [2.24, 2.45) is 0 Å². The Morgan fingerprint density at radius 3 is 2.59 bits per heavy atom. The molecule has 0 saturated carbocycles. The van der Waals surface area contributed by atoms with Crippen molar-refractivity contribution in [2.75, 3.05) is 24.3 Å². The van der Waals surface area contributed by atoms with Crippen LogP contribution in [0.5, 0.6) is 5.75 Å². The first-order chi connectivity index (χ1) is 10.6. The summed E-state index contributed by atoms with van der Waals surface area (Å²) in [5, 5.41) is 6.15. The summed E-state index contributed by atoms with van der Waals surface area (Å²) in [7, 11) is 1.60. The molecule has 0 aliphatic carbocycles. The molecule has 0 atom stereocenters. The average Bonchev–Trinajstić information content (AvgIpc) is 2.47. The summed E-state index contributed by atoms with van der Waals surface area (Å²) in [4.78, 5) is 12.0. The third-order valence-corrected chi connectivity index (χ3v) is 3.33. The molecule has 2 N–H and O–H groups in total. The largest absolute Gasteiger partial charge is 0.495 e. The second-order valence-electron chi connectivity index (χ2n) is 5.30. The van der Waals surface area contributed by atoms with Crippen LogP contribution in [0.25, 0.3) is 0 Å². The van der Waals surface area contributed by atoms with Crippen LogP contribution in [-0.2, 0) is 4.79 Å². The van der Waals surface area contributed by atoms with Gasteiger partial charge in [-0.05, 0) is 49.2 Å². The van der Waals surface area contributed by atoms with Crippen molar-refractivity contribution in [3.63, 3.8) is 0 Å². The summed E-state index contributed by atoms with van der Waals surface area (Å²) in [5.41, 5.74) is 4.01. The van der Waals surface area contributed by atoms with E-state index in [2.05, 4.69) is 16.7 Å². The van der Waals surface area contributed by atoms with Crippen LogP contribution >= 0.6 is 0 Å². The highest BCUT2D eigenvalue weighted by atomic mass is 16.5. The Bertz CT molecular complexity index is 653. The van der Waals surface area contributed by atoms with Crippen LogP contribution in [0.3, 0.4) is 0 Å². The Balaban J connectivity index is 1.87. The van der Waals surface area contributed by atoms with Gasteiger partial charge >= 0.3 is 0 Å². The molecular weight excluding hydrogens is 276 g/mol. The molecule has 116 valence electrons. The number of methoxy groups -OCH3 is 1. The van der Waals surface area contributed by atoms with E-state index in [0.717, 1.165) is 11.3 Å². The van der Waals surface area contributed by atoms with Gasteiger partial charge in [0.05, 0.1) is 12.8 Å². The van der Waals surface area contributed by atoms with Crippen molar-refractivity contribution in [1.82, 2.24) is 0 Å². The number of ether oxygens (including phenoxy) is 1. The van der Waals surface area contributed by atoms with Gasteiger partial charge in [0.1, 0.15) is 5.75 Å². The highest BCUT2D eigenvalue weighted by Gasteiger charge is 2.07. The summed E-state index contributed by atoms with van der Waals surface area (Å²) in [5.74, 6) is 0.634. The van der Waals surface area contributed by atoms with Gasteiger partial charge in [-0.25, -0.2) is 0 Å². The van der Waals surface area contributed by atoms with Crippen LogP contribution in [0, 0.1) is 13.8 Å². The van der Waals surface area contributed by atoms with Gasteiger partial charge in [0.15, 0.2) is 0 Å². The second kappa shape index (κ2) is 7.50. The topological polar surface area (TPSA) is 50.4 Å². The summed E-state index contributed by atoms with van der Waals surface area (Å²) in [6.45, 7) is 4.61. The number of amides is 1. The van der Waals surface area contributed by atoms with E-state index in [-0.39, 0.29) is 5.91 Å². The van der Waals surface area contributed by atoms with Crippen molar-refractivity contribution in [2.45, 2.75) is 20.3 Å². The monoisotopic (exact) mass is 298 g/mol. The van der Waals surface area contributed by atoms with Gasteiger partial charge in [-0.3, -0.25) is 4.79 Å². The quantitative estimate of drug-likeness (QED) is 0.854. The number of hydrogen-bond acceptors (Lipinski definition) is 3. The molecule has 4 heteroatoms. The minimum absolute atomic E-state index is 0.0379. The number of rotatable bonds is 6. The molecule has 2 aromatic carbocycles. The van der Waals surface area contributed by atoms with Crippen LogP contribution < -0.4 is 15.4 Å². The SMILES string of the molecule is COc1ccc(C)cc1NC(=O)CCNc1cccc(C)c1. The van der Waals surface area contributed by atoms with Crippen molar-refractivity contribution in [1.29, 1.82) is 0 Å². The van der Waals surface area contributed by atoms with Gasteiger partial charge in [0, 0.05) is 18.7 Å². The predicted octanol–water partition coefficient (Wildman–Crippen LogP) is 3.75. The maximum atomic E-state index is 12.0. The van der Waals surface area contributed by atoms with E-state index in [9.17, 15) is 4.79 Å². The maximum Gasteiger partial charge on any atom is 0.226 e. The Morgan fingerprint density at radius 1 is 1.09 bits per heavy atom. The first-order valence-electron chi connectivity index (χ1n) is 7.33. The third-order valence-electron chi connectivity index (χ3n) is 3.33. The van der Waals surface area contributed by atoms with E-state index in [0.29, 0.717) is 24.4 Å². The number of nitrogens with one attached hydrogen (secondary N) is 2. The predicted molar refractivity (Wildman–Crippen MR) is 90.6 cm³/mol. The maximum absolute atomic E-state index is 12.0. The summed E-state index contributed by atoms with van der Waals surface area (Å²) in [6.07, 6.45) is 0.394. The van der Waals surface area contributed by atoms with E-state index < -0.39 is 0 Å². The molecule has 1 amide bonds. The number of benzene rings is 2. The van der Waals surface area contributed by atoms with E-state index >= 15 is 0 Å². The van der Waals surface area contributed by atoms with Gasteiger partial charge in [0.25, 0.3) is 0 Å². The van der Waals surface area contributed by atoms with Gasteiger partial charge in [-0.15, -0.1) is 0 Å². The molecule has 0 radical (unpaired) electrons. The standard InChI is InChI=1S/C18H22N2O2/c1-13-5-4-6-15(11-13)19-10-9-18(21)20-16-12-14(2)7-8-17(16)22-3/h4-8,11-12,19H,9-10H2,1-3H3,(H,20,21). The molecule has 2 rings (SSSR count). The lowest BCUT2D eigenvalue weighted by molar-refractivity contribution is -0.115. The van der Waals surface area contributed by atoms with Gasteiger partial charge in [-0.2, -0.15) is 0 Å². The van der Waals surface area contributed by atoms with Crippen molar-refractivity contribution < 1.29 is 9.53 Å². The minimum atomic E-state index is -0.0379. The molecule has 0 spiro atoms. The number of aryl methyl sites for hydroxylation is 2. The molecule has 0 aromatic heterocycles. The van der Waals surface area contributed by atoms with Crippen molar-refractivity contribution >= 4 is 17.3 Å². The minimum Gasteiger partial charge on any atom is -0.495 e. The second-order valence-corrected chi connectivity index (χ2v) is 5.30. The highest BCUT2D eigenvalue weighted by molar-refractivity contribution is 5.92. The van der Waals surface area contributed by atoms with Crippen LogP contribution in [0.4, 0.5) is 11.4 Å². The number of carbonyl (C=O) groups excluding carboxylic acids is 1. The third kappa shape index (κ3) is 4.52. The fourth-order valence-electron chi connectivity index (χ4n) is 2.21. The van der Waals surface area contributed by atoms with Crippen LogP contribution in [0.1, 0.15) is 17.5 Å². The zero-order valence-electron chi connectivity index (χ0n) is 13.3. The molecule has 0 heterocycles. The molecular formula is C18H22N2O2. The molecule has 0 aliphatic rings. The van der Waals surface area contributed by atoms with Gasteiger partial charge in [0.2, 0.25) is 5.91 Å². The summed E-state index contributed by atoms with van der Waals surface area (Å²) < 4.78 is 5.26. The summed E-state index contributed by atoms with van der Waals surface area (Å²) in [6, 6.07) is 13.8. The molecule has 0 fully saturated rings. The lowest BCUT2D eigenvalue weighted by Crippen LogP contribution is -2.16. The van der Waals surface area contributed by atoms with Crippen molar-refractivity contribution in [3.05, 3.63) is 53.6 Å². The first-order valence-corrected chi connectivity index (χ1v) is 7.33. The molecule has 4 nitrogen and oxygen atoms in total. The average molecular weight is 298 g/mol. The highest BCUT2D eigenvalue weighted by Crippen LogP contribution is 2.25. The first kappa shape index (κ1) is 15.9. The van der Waals surface area contributed by atoms with E-state index in [1.54, 1.807) is 7.11 Å². The fourth-order valence-corrected chi connectivity index (χ4v) is 2.21. The molecule has 2 aromatic rings. The van der Waals surface area contributed by atoms with E-state index in [1.165, 1.54) is 5.56 Å². The van der Waals surface area contributed by atoms with Crippen LogP contribution in [0.15, 0.2) is 42.5 Å². The van der Waals surface area contributed by atoms with Gasteiger partial charge in [-0.1, -0.05) is 18.2 Å². The molecule has 0 bridgehead atoms. The molecule has 22 heavy (non-hydrogen) atoms. The number of anilines is 2. The Hall–Kier alpha value is -2.49. The molecule has 0 unspecified atom stereocenters. The zero-order chi connectivity index (χ0) is 15.9. The zero-order valence-corrected chi connectivity index (χ0v) is 13.3. The Morgan fingerprint density at radius 2 is 1.86 bits per heavy atom. The smallest absolute Gasteiger partial charge is 0.226 e. The molecule has 0 aliphatic heterocycles. The Kier molecular flexibility index (Phi) is 5.42.